The number of nitrogens with one attached hydrogen (secondary N) is 1. The number of nitrogens with zero attached hydrogens (tertiary/aromatic N) is 1. The largest absolute Gasteiger partial charge is 0.444 e. The maximum atomic E-state index is 12.0. The van der Waals surface area contributed by atoms with E-state index < -0.39 is 17.2 Å². The van der Waals surface area contributed by atoms with Crippen molar-refractivity contribution in [1.29, 1.82) is 0 Å². The summed E-state index contributed by atoms with van der Waals surface area (Å²) >= 11 is 5.13. The van der Waals surface area contributed by atoms with Crippen LogP contribution in [0.25, 0.3) is 10.2 Å². The first-order valence-corrected chi connectivity index (χ1v) is 8.67. The molecule has 4 nitrogen and oxygen atoms in total. The number of alkyl carbamates (subject to hydrolysis) is 1. The lowest BCUT2D eigenvalue weighted by Gasteiger charge is -2.26. The Morgan fingerprint density at radius 1 is 1.27 bits per heavy atom. The lowest BCUT2D eigenvalue weighted by atomic mass is 10.1. The van der Waals surface area contributed by atoms with Crippen LogP contribution in [0.15, 0.2) is 16.6 Å². The standard InChI is InChI=1S/C16H21BrN2O2S/c1-9-7-10(17)12-11(8-9)22-13(18-12)16(5,6)19-14(20)21-15(2,3)4/h7-8H,1-6H3,(H,19,20). The van der Waals surface area contributed by atoms with Gasteiger partial charge in [0, 0.05) is 4.47 Å². The van der Waals surface area contributed by atoms with Crippen molar-refractivity contribution in [3.05, 3.63) is 27.2 Å². The van der Waals surface area contributed by atoms with E-state index in [1.165, 1.54) is 5.56 Å². The summed E-state index contributed by atoms with van der Waals surface area (Å²) in [5.41, 5.74) is 0.977. The van der Waals surface area contributed by atoms with Gasteiger partial charge in [-0.25, -0.2) is 9.78 Å². The molecule has 1 N–H and O–H groups in total. The van der Waals surface area contributed by atoms with Crippen molar-refractivity contribution in [2.24, 2.45) is 0 Å². The number of hydrogen-bond acceptors (Lipinski definition) is 4. The number of rotatable bonds is 2. The van der Waals surface area contributed by atoms with Crippen molar-refractivity contribution in [2.75, 3.05) is 0 Å². The smallest absolute Gasteiger partial charge is 0.408 e. The van der Waals surface area contributed by atoms with Crippen LogP contribution >= 0.6 is 27.3 Å². The number of fused-ring (bicyclic) bond motifs is 1. The van der Waals surface area contributed by atoms with Gasteiger partial charge >= 0.3 is 6.09 Å². The summed E-state index contributed by atoms with van der Waals surface area (Å²) in [5.74, 6) is 0. The summed E-state index contributed by atoms with van der Waals surface area (Å²) < 4.78 is 7.40. The van der Waals surface area contributed by atoms with Crippen LogP contribution < -0.4 is 5.32 Å². The van der Waals surface area contributed by atoms with Crippen molar-refractivity contribution in [3.63, 3.8) is 0 Å². The van der Waals surface area contributed by atoms with Gasteiger partial charge in [-0.1, -0.05) is 0 Å². The molecule has 0 saturated carbocycles. The van der Waals surface area contributed by atoms with Crippen LogP contribution in [0.3, 0.4) is 0 Å². The zero-order valence-corrected chi connectivity index (χ0v) is 16.1. The van der Waals surface area contributed by atoms with Gasteiger partial charge in [0.1, 0.15) is 10.6 Å². The normalized spacial score (nSPS) is 12.5. The first-order chi connectivity index (χ1) is 9.98. The number of benzene rings is 1. The van der Waals surface area contributed by atoms with Gasteiger partial charge in [0.2, 0.25) is 0 Å². The third-order valence-electron chi connectivity index (χ3n) is 2.94. The summed E-state index contributed by atoms with van der Waals surface area (Å²) in [4.78, 5) is 16.7. The summed E-state index contributed by atoms with van der Waals surface area (Å²) in [6.07, 6.45) is -0.438. The molecule has 1 amide bonds. The van der Waals surface area contributed by atoms with Gasteiger partial charge in [0.15, 0.2) is 0 Å². The lowest BCUT2D eigenvalue weighted by molar-refractivity contribution is 0.0470. The number of halogens is 1. The van der Waals surface area contributed by atoms with Gasteiger partial charge in [-0.3, -0.25) is 0 Å². The number of amides is 1. The molecule has 2 rings (SSSR count). The Morgan fingerprint density at radius 2 is 1.91 bits per heavy atom. The summed E-state index contributed by atoms with van der Waals surface area (Å²) in [5, 5.41) is 3.74. The predicted molar refractivity (Wildman–Crippen MR) is 94.5 cm³/mol. The van der Waals surface area contributed by atoms with Crippen molar-refractivity contribution < 1.29 is 9.53 Å². The van der Waals surface area contributed by atoms with E-state index in [9.17, 15) is 4.79 Å². The number of aryl methyl sites for hydroxylation is 1. The highest BCUT2D eigenvalue weighted by atomic mass is 79.9. The average Bonchev–Trinajstić information content (AvgIpc) is 2.69. The Balaban J connectivity index is 2.29. The van der Waals surface area contributed by atoms with Crippen LogP contribution in [-0.2, 0) is 10.3 Å². The van der Waals surface area contributed by atoms with E-state index in [1.807, 2.05) is 47.6 Å². The summed E-state index contributed by atoms with van der Waals surface area (Å²) in [6.45, 7) is 11.4. The molecular weight excluding hydrogens is 364 g/mol. The predicted octanol–water partition coefficient (Wildman–Crippen LogP) is 5.13. The minimum Gasteiger partial charge on any atom is -0.444 e. The molecule has 0 spiro atoms. The second kappa shape index (κ2) is 5.81. The van der Waals surface area contributed by atoms with Gasteiger partial charge in [-0.15, -0.1) is 11.3 Å². The monoisotopic (exact) mass is 384 g/mol. The summed E-state index contributed by atoms with van der Waals surface area (Å²) in [7, 11) is 0. The van der Waals surface area contributed by atoms with Crippen LogP contribution in [0.2, 0.25) is 0 Å². The fraction of sp³-hybridized carbons (Fsp3) is 0.500. The van der Waals surface area contributed by atoms with E-state index in [2.05, 4.69) is 32.3 Å². The van der Waals surface area contributed by atoms with Crippen LogP contribution in [0.4, 0.5) is 4.79 Å². The highest BCUT2D eigenvalue weighted by Gasteiger charge is 2.29. The molecule has 6 heteroatoms. The van der Waals surface area contributed by atoms with E-state index in [0.717, 1.165) is 19.7 Å². The second-order valence-electron chi connectivity index (χ2n) is 6.86. The fourth-order valence-electron chi connectivity index (χ4n) is 2.00. The Hall–Kier alpha value is -1.14. The zero-order chi connectivity index (χ0) is 16.7. The molecule has 0 unspecified atom stereocenters. The van der Waals surface area contributed by atoms with E-state index in [4.69, 9.17) is 4.74 Å². The molecule has 1 aromatic carbocycles. The number of aromatic nitrogens is 1. The Labute approximate surface area is 143 Å². The molecule has 0 bridgehead atoms. The molecule has 0 atom stereocenters. The number of ether oxygens (including phenoxy) is 1. The minimum absolute atomic E-state index is 0.438. The number of carbonyl (C=O) groups excluding carboxylic acids is 1. The third kappa shape index (κ3) is 3.98. The SMILES string of the molecule is Cc1cc(Br)c2nc(C(C)(C)NC(=O)OC(C)(C)C)sc2c1. The van der Waals surface area contributed by atoms with Crippen molar-refractivity contribution in [2.45, 2.75) is 52.7 Å². The molecule has 1 heterocycles. The molecule has 22 heavy (non-hydrogen) atoms. The van der Waals surface area contributed by atoms with Crippen molar-refractivity contribution >= 4 is 43.6 Å². The average molecular weight is 385 g/mol. The molecule has 0 aliphatic rings. The molecule has 0 saturated heterocycles. The van der Waals surface area contributed by atoms with Gasteiger partial charge in [-0.2, -0.15) is 0 Å². The highest BCUT2D eigenvalue weighted by molar-refractivity contribution is 9.10. The highest BCUT2D eigenvalue weighted by Crippen LogP contribution is 2.34. The van der Waals surface area contributed by atoms with Gasteiger partial charge < -0.3 is 10.1 Å². The van der Waals surface area contributed by atoms with E-state index in [-0.39, 0.29) is 0 Å². The minimum atomic E-state index is -0.598. The lowest BCUT2D eigenvalue weighted by Crippen LogP contribution is -2.43. The van der Waals surface area contributed by atoms with E-state index in [1.54, 1.807) is 11.3 Å². The first kappa shape index (κ1) is 17.2. The maximum Gasteiger partial charge on any atom is 0.408 e. The van der Waals surface area contributed by atoms with Gasteiger partial charge in [0.05, 0.1) is 15.8 Å². The molecule has 2 aromatic rings. The van der Waals surface area contributed by atoms with Gasteiger partial charge in [-0.05, 0) is 75.2 Å². The maximum absolute atomic E-state index is 12.0. The summed E-state index contributed by atoms with van der Waals surface area (Å²) in [6, 6.07) is 4.14. The number of hydrogen-bond donors (Lipinski definition) is 1. The Bertz CT molecular complexity index is 717. The molecular formula is C16H21BrN2O2S. The number of carbonyl (C=O) groups is 1. The molecule has 1 aromatic heterocycles. The van der Waals surface area contributed by atoms with Crippen LogP contribution in [0, 0.1) is 6.92 Å². The Kier molecular flexibility index (Phi) is 4.55. The fourth-order valence-corrected chi connectivity index (χ4v) is 3.94. The van der Waals surface area contributed by atoms with Crippen molar-refractivity contribution in [1.82, 2.24) is 10.3 Å². The van der Waals surface area contributed by atoms with Crippen LogP contribution in [-0.4, -0.2) is 16.7 Å². The molecule has 0 aliphatic carbocycles. The quantitative estimate of drug-likeness (QED) is 0.780. The first-order valence-electron chi connectivity index (χ1n) is 7.06. The Morgan fingerprint density at radius 3 is 2.50 bits per heavy atom. The molecule has 0 aliphatic heterocycles. The van der Waals surface area contributed by atoms with Crippen LogP contribution in [0.1, 0.15) is 45.2 Å². The second-order valence-corrected chi connectivity index (χ2v) is 8.75. The van der Waals surface area contributed by atoms with E-state index in [0.29, 0.717) is 0 Å². The van der Waals surface area contributed by atoms with Crippen molar-refractivity contribution in [3.8, 4) is 0 Å². The van der Waals surface area contributed by atoms with Crippen LogP contribution in [0.5, 0.6) is 0 Å². The topological polar surface area (TPSA) is 51.2 Å². The van der Waals surface area contributed by atoms with Gasteiger partial charge in [0.25, 0.3) is 0 Å². The molecule has 0 fully saturated rings. The third-order valence-corrected chi connectivity index (χ3v) is 4.87. The number of thiazole rings is 1. The zero-order valence-electron chi connectivity index (χ0n) is 13.7. The van der Waals surface area contributed by atoms with E-state index >= 15 is 0 Å². The molecule has 0 radical (unpaired) electrons. The molecule has 120 valence electrons.